The number of pyridine rings is 1. The van der Waals surface area contributed by atoms with Gasteiger partial charge in [-0.25, -0.2) is 4.79 Å². The van der Waals surface area contributed by atoms with Gasteiger partial charge in [-0.2, -0.15) is 13.2 Å². The van der Waals surface area contributed by atoms with Crippen LogP contribution in [0.2, 0.25) is 0 Å². The second-order valence-corrected chi connectivity index (χ2v) is 6.16. The zero-order valence-electron chi connectivity index (χ0n) is 14.5. The second kappa shape index (κ2) is 7.65. The number of hydrogen-bond acceptors (Lipinski definition) is 2. The Balaban J connectivity index is 1.60. The van der Waals surface area contributed by atoms with Gasteiger partial charge in [0.25, 0.3) is 0 Å². The molecule has 7 heteroatoms. The Hall–Kier alpha value is -3.09. The van der Waals surface area contributed by atoms with Gasteiger partial charge in [0.2, 0.25) is 0 Å². The number of urea groups is 1. The highest BCUT2D eigenvalue weighted by Crippen LogP contribution is 2.29. The Labute approximate surface area is 154 Å². The van der Waals surface area contributed by atoms with E-state index < -0.39 is 23.8 Å². The van der Waals surface area contributed by atoms with Crippen LogP contribution in [-0.2, 0) is 12.7 Å². The quantitative estimate of drug-likeness (QED) is 0.689. The summed E-state index contributed by atoms with van der Waals surface area (Å²) in [7, 11) is 0. The van der Waals surface area contributed by atoms with Crippen molar-refractivity contribution in [1.29, 1.82) is 0 Å². The van der Waals surface area contributed by atoms with Crippen LogP contribution in [0.5, 0.6) is 0 Å². The highest BCUT2D eigenvalue weighted by Gasteiger charge is 2.30. The van der Waals surface area contributed by atoms with E-state index in [0.717, 1.165) is 28.6 Å². The Morgan fingerprint density at radius 2 is 1.78 bits per heavy atom. The Morgan fingerprint density at radius 3 is 2.48 bits per heavy atom. The van der Waals surface area contributed by atoms with E-state index in [1.165, 1.54) is 12.1 Å². The minimum absolute atomic E-state index is 0.292. The number of carbonyl (C=O) groups is 1. The molecule has 1 aromatic heterocycles. The maximum absolute atomic E-state index is 12.6. The van der Waals surface area contributed by atoms with E-state index in [1.54, 1.807) is 13.1 Å². The summed E-state index contributed by atoms with van der Waals surface area (Å²) in [6.45, 7) is 2.00. The zero-order valence-corrected chi connectivity index (χ0v) is 14.5. The number of rotatable bonds is 4. The molecule has 4 nitrogen and oxygen atoms in total. The van der Waals surface area contributed by atoms with Crippen LogP contribution in [0.4, 0.5) is 18.0 Å². The molecule has 1 unspecified atom stereocenters. The van der Waals surface area contributed by atoms with Crippen molar-refractivity contribution in [2.24, 2.45) is 0 Å². The summed E-state index contributed by atoms with van der Waals surface area (Å²) in [4.78, 5) is 16.5. The third-order valence-electron chi connectivity index (χ3n) is 4.24. The zero-order chi connectivity index (χ0) is 19.4. The predicted molar refractivity (Wildman–Crippen MR) is 97.0 cm³/mol. The fourth-order valence-corrected chi connectivity index (χ4v) is 2.78. The monoisotopic (exact) mass is 373 g/mol. The van der Waals surface area contributed by atoms with Crippen LogP contribution < -0.4 is 10.6 Å². The molecule has 1 atom stereocenters. The lowest BCUT2D eigenvalue weighted by molar-refractivity contribution is -0.137. The van der Waals surface area contributed by atoms with Crippen LogP contribution in [0.3, 0.4) is 0 Å². The van der Waals surface area contributed by atoms with Gasteiger partial charge in [0, 0.05) is 18.1 Å². The molecule has 0 spiro atoms. The first kappa shape index (κ1) is 18.7. The first-order chi connectivity index (χ1) is 12.8. The average molecular weight is 373 g/mol. The Bertz CT molecular complexity index is 934. The molecule has 0 fully saturated rings. The molecule has 3 aromatic rings. The van der Waals surface area contributed by atoms with Gasteiger partial charge in [0.1, 0.15) is 0 Å². The molecule has 0 aliphatic rings. The van der Waals surface area contributed by atoms with Crippen LogP contribution in [0.25, 0.3) is 10.9 Å². The number of nitrogens with one attached hydrogen (secondary N) is 2. The SMILES string of the molecule is CC(NC(=O)NCc1cccc2cccnc12)c1ccc(C(F)(F)F)cc1. The number of aromatic nitrogens is 1. The Kier molecular flexibility index (Phi) is 5.30. The van der Waals surface area contributed by atoms with Crippen molar-refractivity contribution in [3.63, 3.8) is 0 Å². The van der Waals surface area contributed by atoms with Crippen LogP contribution in [0, 0.1) is 0 Å². The molecule has 3 rings (SSSR count). The first-order valence-corrected chi connectivity index (χ1v) is 8.39. The summed E-state index contributed by atoms with van der Waals surface area (Å²) in [5, 5.41) is 6.46. The lowest BCUT2D eigenvalue weighted by atomic mass is 10.1. The average Bonchev–Trinajstić information content (AvgIpc) is 2.65. The van der Waals surface area contributed by atoms with Crippen molar-refractivity contribution in [2.45, 2.75) is 25.7 Å². The summed E-state index contributed by atoms with van der Waals surface area (Å²) in [5.74, 6) is 0. The highest BCUT2D eigenvalue weighted by atomic mass is 19.4. The maximum Gasteiger partial charge on any atom is 0.416 e. The summed E-state index contributed by atoms with van der Waals surface area (Å²) in [6, 6.07) is 13.4. The van der Waals surface area contributed by atoms with Gasteiger partial charge in [0.15, 0.2) is 0 Å². The molecule has 2 aromatic carbocycles. The van der Waals surface area contributed by atoms with Crippen LogP contribution >= 0.6 is 0 Å². The number of carbonyl (C=O) groups excluding carboxylic acids is 1. The fourth-order valence-electron chi connectivity index (χ4n) is 2.78. The van der Waals surface area contributed by atoms with E-state index in [0.29, 0.717) is 12.1 Å². The van der Waals surface area contributed by atoms with Gasteiger partial charge in [-0.15, -0.1) is 0 Å². The van der Waals surface area contributed by atoms with Crippen molar-refractivity contribution in [2.75, 3.05) is 0 Å². The maximum atomic E-state index is 12.6. The van der Waals surface area contributed by atoms with E-state index in [-0.39, 0.29) is 0 Å². The van der Waals surface area contributed by atoms with Gasteiger partial charge < -0.3 is 10.6 Å². The second-order valence-electron chi connectivity index (χ2n) is 6.16. The van der Waals surface area contributed by atoms with E-state index in [1.807, 2.05) is 30.3 Å². The van der Waals surface area contributed by atoms with E-state index in [4.69, 9.17) is 0 Å². The molecule has 2 N–H and O–H groups in total. The number of benzene rings is 2. The van der Waals surface area contributed by atoms with Gasteiger partial charge >= 0.3 is 12.2 Å². The summed E-state index contributed by atoms with van der Waals surface area (Å²) in [6.07, 6.45) is -2.68. The van der Waals surface area contributed by atoms with Crippen molar-refractivity contribution < 1.29 is 18.0 Å². The van der Waals surface area contributed by atoms with Crippen LogP contribution in [-0.4, -0.2) is 11.0 Å². The minimum Gasteiger partial charge on any atom is -0.334 e. The molecule has 1 heterocycles. The largest absolute Gasteiger partial charge is 0.416 e. The highest BCUT2D eigenvalue weighted by molar-refractivity contribution is 5.82. The third-order valence-corrected chi connectivity index (χ3v) is 4.24. The van der Waals surface area contributed by atoms with Gasteiger partial charge in [-0.3, -0.25) is 4.98 Å². The standard InChI is InChI=1S/C20H18F3N3O/c1-13(14-7-9-17(10-8-14)20(21,22)23)26-19(27)25-12-16-5-2-4-15-6-3-11-24-18(15)16/h2-11,13H,12H2,1H3,(H2,25,26,27). The number of para-hydroxylation sites is 1. The third kappa shape index (κ3) is 4.55. The molecule has 0 aliphatic carbocycles. The van der Waals surface area contributed by atoms with Crippen molar-refractivity contribution in [3.05, 3.63) is 77.5 Å². The molecule has 27 heavy (non-hydrogen) atoms. The molecule has 0 bridgehead atoms. The summed E-state index contributed by atoms with van der Waals surface area (Å²) >= 11 is 0. The minimum atomic E-state index is -4.38. The molecule has 0 radical (unpaired) electrons. The van der Waals surface area contributed by atoms with E-state index >= 15 is 0 Å². The fraction of sp³-hybridized carbons (Fsp3) is 0.200. The van der Waals surface area contributed by atoms with E-state index in [9.17, 15) is 18.0 Å². The number of nitrogens with zero attached hydrogens (tertiary/aromatic N) is 1. The van der Waals surface area contributed by atoms with Crippen LogP contribution in [0.1, 0.15) is 29.7 Å². The molecular formula is C20H18F3N3O. The molecule has 0 aliphatic heterocycles. The topological polar surface area (TPSA) is 54.0 Å². The normalized spacial score (nSPS) is 12.6. The number of amides is 2. The first-order valence-electron chi connectivity index (χ1n) is 8.39. The molecule has 2 amide bonds. The number of halogens is 3. The number of hydrogen-bond donors (Lipinski definition) is 2. The summed E-state index contributed by atoms with van der Waals surface area (Å²) in [5.41, 5.74) is 1.57. The molecule has 140 valence electrons. The number of fused-ring (bicyclic) bond motifs is 1. The van der Waals surface area contributed by atoms with Gasteiger partial charge in [-0.05, 0) is 36.2 Å². The van der Waals surface area contributed by atoms with Gasteiger partial charge in [-0.1, -0.05) is 36.4 Å². The van der Waals surface area contributed by atoms with E-state index in [2.05, 4.69) is 15.6 Å². The van der Waals surface area contributed by atoms with Crippen molar-refractivity contribution in [3.8, 4) is 0 Å². The summed E-state index contributed by atoms with van der Waals surface area (Å²) < 4.78 is 37.9. The van der Waals surface area contributed by atoms with Gasteiger partial charge in [0.05, 0.1) is 17.1 Å². The van der Waals surface area contributed by atoms with Crippen molar-refractivity contribution in [1.82, 2.24) is 15.6 Å². The smallest absolute Gasteiger partial charge is 0.334 e. The molecule has 0 saturated heterocycles. The van der Waals surface area contributed by atoms with Crippen molar-refractivity contribution >= 4 is 16.9 Å². The lowest BCUT2D eigenvalue weighted by Gasteiger charge is -2.16. The Morgan fingerprint density at radius 1 is 1.07 bits per heavy atom. The number of alkyl halides is 3. The predicted octanol–water partition coefficient (Wildman–Crippen LogP) is 4.81. The molecular weight excluding hydrogens is 355 g/mol. The molecule has 0 saturated carbocycles. The lowest BCUT2D eigenvalue weighted by Crippen LogP contribution is -2.36. The van der Waals surface area contributed by atoms with Crippen LogP contribution in [0.15, 0.2) is 60.8 Å².